The Morgan fingerprint density at radius 1 is 0.323 bits per heavy atom. The van der Waals surface area contributed by atoms with E-state index in [1.165, 1.54) is 55.2 Å². The summed E-state index contributed by atoms with van der Waals surface area (Å²) in [5.74, 6) is 0. The maximum absolute atomic E-state index is 3.52. The molecule has 0 atom stereocenters. The second-order valence-electron chi connectivity index (χ2n) is 7.96. The summed E-state index contributed by atoms with van der Waals surface area (Å²) < 4.78 is 0. The number of benzene rings is 5. The van der Waals surface area contributed by atoms with Crippen LogP contribution in [0.1, 0.15) is 0 Å². The van der Waals surface area contributed by atoms with Crippen LogP contribution < -0.4 is 0 Å². The molecule has 1 aromatic heterocycles. The highest BCUT2D eigenvalue weighted by molar-refractivity contribution is 6.08. The van der Waals surface area contributed by atoms with Gasteiger partial charge in [0.15, 0.2) is 0 Å². The maximum atomic E-state index is 3.52. The lowest BCUT2D eigenvalue weighted by atomic mass is 9.96. The zero-order valence-corrected chi connectivity index (χ0v) is 17.0. The van der Waals surface area contributed by atoms with E-state index in [4.69, 9.17) is 0 Å². The highest BCUT2D eigenvalue weighted by Crippen LogP contribution is 2.33. The van der Waals surface area contributed by atoms with Crippen molar-refractivity contribution in [3.05, 3.63) is 121 Å². The fraction of sp³-hybridized carbons (Fsp3) is 0. The molecule has 0 saturated heterocycles. The molecule has 31 heavy (non-hydrogen) atoms. The molecular weight excluding hydrogens is 374 g/mol. The second-order valence-corrected chi connectivity index (χ2v) is 7.96. The standard InChI is InChI=1S/C30H21N/c1-2-8-21(9-3-1)22-10-6-11-23(18-22)24-12-7-13-25(19-24)26-16-17-30-28(20-26)27-14-4-5-15-29(27)31-30/h1-20,31H. The lowest BCUT2D eigenvalue weighted by Crippen LogP contribution is -1.83. The van der Waals surface area contributed by atoms with E-state index in [9.17, 15) is 0 Å². The number of aromatic amines is 1. The highest BCUT2D eigenvalue weighted by Gasteiger charge is 2.07. The van der Waals surface area contributed by atoms with Gasteiger partial charge in [0.1, 0.15) is 0 Å². The summed E-state index contributed by atoms with van der Waals surface area (Å²) in [6.07, 6.45) is 0. The number of aromatic nitrogens is 1. The average Bonchev–Trinajstić information content (AvgIpc) is 3.23. The van der Waals surface area contributed by atoms with E-state index in [2.05, 4.69) is 126 Å². The monoisotopic (exact) mass is 395 g/mol. The van der Waals surface area contributed by atoms with Gasteiger partial charge in [-0.1, -0.05) is 91.0 Å². The Labute approximate surface area is 181 Å². The number of rotatable bonds is 3. The zero-order chi connectivity index (χ0) is 20.6. The average molecular weight is 396 g/mol. The summed E-state index contributed by atoms with van der Waals surface area (Å²) >= 11 is 0. The minimum atomic E-state index is 1.18. The summed E-state index contributed by atoms with van der Waals surface area (Å²) in [5, 5.41) is 2.54. The van der Waals surface area contributed by atoms with Crippen molar-refractivity contribution in [1.82, 2.24) is 4.98 Å². The summed E-state index contributed by atoms with van der Waals surface area (Å²) in [6.45, 7) is 0. The van der Waals surface area contributed by atoms with Gasteiger partial charge in [-0.2, -0.15) is 0 Å². The molecule has 1 heteroatoms. The van der Waals surface area contributed by atoms with E-state index in [0.717, 1.165) is 0 Å². The van der Waals surface area contributed by atoms with E-state index >= 15 is 0 Å². The van der Waals surface area contributed by atoms with Crippen molar-refractivity contribution in [2.24, 2.45) is 0 Å². The first-order chi connectivity index (χ1) is 15.3. The molecule has 1 N–H and O–H groups in total. The van der Waals surface area contributed by atoms with Gasteiger partial charge >= 0.3 is 0 Å². The van der Waals surface area contributed by atoms with Crippen LogP contribution in [0.3, 0.4) is 0 Å². The molecule has 6 rings (SSSR count). The van der Waals surface area contributed by atoms with Crippen molar-refractivity contribution in [2.75, 3.05) is 0 Å². The number of hydrogen-bond acceptors (Lipinski definition) is 0. The molecule has 0 bridgehead atoms. The summed E-state index contributed by atoms with van der Waals surface area (Å²) in [7, 11) is 0. The fourth-order valence-corrected chi connectivity index (χ4v) is 4.41. The normalized spacial score (nSPS) is 11.2. The summed E-state index contributed by atoms with van der Waals surface area (Å²) in [4.78, 5) is 3.52. The Hall–Kier alpha value is -4.10. The minimum absolute atomic E-state index is 1.18. The number of para-hydroxylation sites is 1. The van der Waals surface area contributed by atoms with Crippen LogP contribution in [-0.2, 0) is 0 Å². The van der Waals surface area contributed by atoms with Gasteiger partial charge in [0.25, 0.3) is 0 Å². The zero-order valence-electron chi connectivity index (χ0n) is 17.0. The first-order valence-corrected chi connectivity index (χ1v) is 10.6. The highest BCUT2D eigenvalue weighted by atomic mass is 14.7. The van der Waals surface area contributed by atoms with E-state index in [-0.39, 0.29) is 0 Å². The van der Waals surface area contributed by atoms with Gasteiger partial charge in [0.2, 0.25) is 0 Å². The van der Waals surface area contributed by atoms with Gasteiger partial charge in [-0.25, -0.2) is 0 Å². The molecule has 1 nitrogen and oxygen atoms in total. The van der Waals surface area contributed by atoms with Gasteiger partial charge in [-0.15, -0.1) is 0 Å². The van der Waals surface area contributed by atoms with Crippen LogP contribution in [0.2, 0.25) is 0 Å². The molecule has 1 heterocycles. The molecule has 5 aromatic carbocycles. The first-order valence-electron chi connectivity index (χ1n) is 10.6. The van der Waals surface area contributed by atoms with Crippen molar-refractivity contribution in [1.29, 1.82) is 0 Å². The first kappa shape index (κ1) is 17.7. The Morgan fingerprint density at radius 3 is 1.55 bits per heavy atom. The molecule has 0 aliphatic heterocycles. The topological polar surface area (TPSA) is 15.8 Å². The van der Waals surface area contributed by atoms with Crippen LogP contribution in [-0.4, -0.2) is 4.98 Å². The SMILES string of the molecule is c1ccc(-c2cccc(-c3cccc(-c4ccc5[nH]c6ccccc6c5c4)c3)c2)cc1. The van der Waals surface area contributed by atoms with Crippen LogP contribution in [0.5, 0.6) is 0 Å². The maximum Gasteiger partial charge on any atom is 0.0465 e. The molecule has 0 unspecified atom stereocenters. The molecule has 0 aliphatic rings. The van der Waals surface area contributed by atoms with Crippen molar-refractivity contribution in [3.63, 3.8) is 0 Å². The van der Waals surface area contributed by atoms with Crippen LogP contribution in [0, 0.1) is 0 Å². The van der Waals surface area contributed by atoms with Crippen molar-refractivity contribution < 1.29 is 0 Å². The lowest BCUT2D eigenvalue weighted by molar-refractivity contribution is 1.54. The third-order valence-corrected chi connectivity index (χ3v) is 6.01. The third-order valence-electron chi connectivity index (χ3n) is 6.01. The predicted molar refractivity (Wildman–Crippen MR) is 132 cm³/mol. The fourth-order valence-electron chi connectivity index (χ4n) is 4.41. The number of fused-ring (bicyclic) bond motifs is 3. The summed E-state index contributed by atoms with van der Waals surface area (Å²) in [5.41, 5.74) is 9.77. The van der Waals surface area contributed by atoms with E-state index in [1.807, 2.05) is 0 Å². The Bertz CT molecular complexity index is 1520. The van der Waals surface area contributed by atoms with Crippen LogP contribution >= 0.6 is 0 Å². The molecule has 0 aliphatic carbocycles. The summed E-state index contributed by atoms with van der Waals surface area (Å²) in [6, 6.07) is 43.3. The molecular formula is C30H21N. The molecule has 0 saturated carbocycles. The molecule has 0 fully saturated rings. The largest absolute Gasteiger partial charge is 0.355 e. The molecule has 6 aromatic rings. The van der Waals surface area contributed by atoms with Gasteiger partial charge < -0.3 is 4.98 Å². The van der Waals surface area contributed by atoms with Crippen LogP contribution in [0.25, 0.3) is 55.2 Å². The van der Waals surface area contributed by atoms with Crippen LogP contribution in [0.15, 0.2) is 121 Å². The predicted octanol–water partition coefficient (Wildman–Crippen LogP) is 8.32. The van der Waals surface area contributed by atoms with Crippen molar-refractivity contribution >= 4 is 21.8 Å². The third kappa shape index (κ3) is 3.21. The minimum Gasteiger partial charge on any atom is -0.355 e. The van der Waals surface area contributed by atoms with Gasteiger partial charge in [0, 0.05) is 21.8 Å². The second kappa shape index (κ2) is 7.30. The number of hydrogen-bond donors (Lipinski definition) is 1. The number of H-pyrrole nitrogens is 1. The number of nitrogens with one attached hydrogen (secondary N) is 1. The molecule has 0 spiro atoms. The van der Waals surface area contributed by atoms with Crippen molar-refractivity contribution in [3.8, 4) is 33.4 Å². The van der Waals surface area contributed by atoms with Gasteiger partial charge in [-0.3, -0.25) is 0 Å². The molecule has 0 amide bonds. The molecule has 146 valence electrons. The van der Waals surface area contributed by atoms with E-state index < -0.39 is 0 Å². The van der Waals surface area contributed by atoms with E-state index in [0.29, 0.717) is 0 Å². The lowest BCUT2D eigenvalue weighted by Gasteiger charge is -2.09. The van der Waals surface area contributed by atoms with Gasteiger partial charge in [0.05, 0.1) is 0 Å². The Kier molecular flexibility index (Phi) is 4.18. The van der Waals surface area contributed by atoms with Crippen molar-refractivity contribution in [2.45, 2.75) is 0 Å². The smallest absolute Gasteiger partial charge is 0.0465 e. The van der Waals surface area contributed by atoms with E-state index in [1.54, 1.807) is 0 Å². The molecule has 0 radical (unpaired) electrons. The van der Waals surface area contributed by atoms with Crippen LogP contribution in [0.4, 0.5) is 0 Å². The Morgan fingerprint density at radius 2 is 0.839 bits per heavy atom. The van der Waals surface area contributed by atoms with Gasteiger partial charge in [-0.05, 0) is 63.7 Å². The Balaban J connectivity index is 1.43. The quantitative estimate of drug-likeness (QED) is 0.310.